The molecule has 1 aromatic rings. The van der Waals surface area contributed by atoms with Crippen molar-refractivity contribution in [2.75, 3.05) is 13.1 Å². The van der Waals surface area contributed by atoms with Gasteiger partial charge in [0.2, 0.25) is 5.91 Å². The summed E-state index contributed by atoms with van der Waals surface area (Å²) < 4.78 is 0. The van der Waals surface area contributed by atoms with Gasteiger partial charge in [-0.2, -0.15) is 0 Å². The summed E-state index contributed by atoms with van der Waals surface area (Å²) in [7, 11) is 0. The molecule has 1 aliphatic rings. The van der Waals surface area contributed by atoms with Crippen LogP contribution in [-0.4, -0.2) is 40.2 Å². The molecule has 110 valence electrons. The van der Waals surface area contributed by atoms with E-state index in [1.807, 2.05) is 0 Å². The molecule has 2 rings (SSSR count). The predicted octanol–water partition coefficient (Wildman–Crippen LogP) is 1.76. The van der Waals surface area contributed by atoms with Crippen molar-refractivity contribution in [3.05, 3.63) is 23.8 Å². The summed E-state index contributed by atoms with van der Waals surface area (Å²) in [6.45, 7) is 5.39. The van der Waals surface area contributed by atoms with Crippen molar-refractivity contribution >= 4 is 5.91 Å². The molecular weight excluding hydrogens is 256 g/mol. The van der Waals surface area contributed by atoms with Gasteiger partial charge in [-0.3, -0.25) is 9.69 Å². The molecule has 0 bridgehead atoms. The number of aromatic hydroxyl groups is 2. The van der Waals surface area contributed by atoms with Gasteiger partial charge in [0.25, 0.3) is 0 Å². The largest absolute Gasteiger partial charge is 0.508 e. The number of nitrogens with one attached hydrogen (secondary N) is 1. The summed E-state index contributed by atoms with van der Waals surface area (Å²) in [5.74, 6) is 0.189. The molecule has 1 heterocycles. The lowest BCUT2D eigenvalue weighted by molar-refractivity contribution is -0.120. The molecule has 0 spiro atoms. The fourth-order valence-electron chi connectivity index (χ4n) is 2.79. The standard InChI is InChI=1S/C15H22N2O3/c1-10(12-7-14(19)9-15(20)8-12)17-5-3-13(4-6-17)16-11(2)18/h7-10,13,19-20H,3-6H2,1-2H3,(H,16,18). The van der Waals surface area contributed by atoms with Crippen LogP contribution in [0.15, 0.2) is 18.2 Å². The van der Waals surface area contributed by atoms with Gasteiger partial charge >= 0.3 is 0 Å². The van der Waals surface area contributed by atoms with Crippen LogP contribution >= 0.6 is 0 Å². The molecule has 1 fully saturated rings. The van der Waals surface area contributed by atoms with E-state index in [0.29, 0.717) is 0 Å². The van der Waals surface area contributed by atoms with Crippen LogP contribution < -0.4 is 5.32 Å². The second kappa shape index (κ2) is 6.13. The molecule has 1 amide bonds. The number of benzene rings is 1. The number of hydrogen-bond donors (Lipinski definition) is 3. The Labute approximate surface area is 119 Å². The lowest BCUT2D eigenvalue weighted by Gasteiger charge is -2.36. The first kappa shape index (κ1) is 14.7. The van der Waals surface area contributed by atoms with E-state index in [0.717, 1.165) is 31.5 Å². The summed E-state index contributed by atoms with van der Waals surface area (Å²) in [4.78, 5) is 13.3. The number of hydrogen-bond acceptors (Lipinski definition) is 4. The second-order valence-corrected chi connectivity index (χ2v) is 5.47. The molecule has 0 aromatic heterocycles. The van der Waals surface area contributed by atoms with Gasteiger partial charge in [-0.05, 0) is 37.5 Å². The third kappa shape index (κ3) is 3.63. The van der Waals surface area contributed by atoms with Gasteiger partial charge in [-0.1, -0.05) is 0 Å². The Hall–Kier alpha value is -1.75. The minimum absolute atomic E-state index is 0.0226. The van der Waals surface area contributed by atoms with Crippen molar-refractivity contribution in [3.8, 4) is 11.5 Å². The van der Waals surface area contributed by atoms with Gasteiger partial charge in [0.1, 0.15) is 11.5 Å². The van der Waals surface area contributed by atoms with E-state index in [2.05, 4.69) is 17.1 Å². The first-order valence-corrected chi connectivity index (χ1v) is 7.00. The quantitative estimate of drug-likeness (QED) is 0.787. The first-order valence-electron chi connectivity index (χ1n) is 7.00. The normalized spacial score (nSPS) is 18.7. The summed E-state index contributed by atoms with van der Waals surface area (Å²) in [5, 5.41) is 22.1. The average molecular weight is 278 g/mol. The van der Waals surface area contributed by atoms with Gasteiger partial charge in [0.05, 0.1) is 0 Å². The molecule has 0 radical (unpaired) electrons. The molecule has 1 aromatic carbocycles. The maximum absolute atomic E-state index is 11.0. The first-order chi connectivity index (χ1) is 9.45. The van der Waals surface area contributed by atoms with Crippen molar-refractivity contribution in [2.45, 2.75) is 38.8 Å². The molecule has 3 N–H and O–H groups in total. The molecular formula is C15H22N2O3. The Morgan fingerprint density at radius 2 is 1.80 bits per heavy atom. The number of piperidine rings is 1. The summed E-state index contributed by atoms with van der Waals surface area (Å²) in [6.07, 6.45) is 1.85. The van der Waals surface area contributed by atoms with E-state index in [-0.39, 0.29) is 29.5 Å². The maximum atomic E-state index is 11.0. The van der Waals surface area contributed by atoms with Crippen LogP contribution in [0, 0.1) is 0 Å². The zero-order chi connectivity index (χ0) is 14.7. The van der Waals surface area contributed by atoms with E-state index in [4.69, 9.17) is 0 Å². The summed E-state index contributed by atoms with van der Waals surface area (Å²) >= 11 is 0. The average Bonchev–Trinajstić information content (AvgIpc) is 2.37. The van der Waals surface area contributed by atoms with E-state index < -0.39 is 0 Å². The molecule has 0 saturated carbocycles. The monoisotopic (exact) mass is 278 g/mol. The number of phenols is 2. The minimum Gasteiger partial charge on any atom is -0.508 e. The lowest BCUT2D eigenvalue weighted by atomic mass is 10.00. The fourth-order valence-corrected chi connectivity index (χ4v) is 2.79. The highest BCUT2D eigenvalue weighted by molar-refractivity contribution is 5.73. The lowest BCUT2D eigenvalue weighted by Crippen LogP contribution is -2.44. The number of carbonyl (C=O) groups is 1. The Kier molecular flexibility index (Phi) is 4.49. The maximum Gasteiger partial charge on any atom is 0.217 e. The molecule has 1 saturated heterocycles. The van der Waals surface area contributed by atoms with Crippen LogP contribution in [0.4, 0.5) is 0 Å². The zero-order valence-corrected chi connectivity index (χ0v) is 12.0. The number of likely N-dealkylation sites (tertiary alicyclic amines) is 1. The zero-order valence-electron chi connectivity index (χ0n) is 12.0. The van der Waals surface area contributed by atoms with E-state index in [1.54, 1.807) is 19.1 Å². The Balaban J connectivity index is 1.97. The molecule has 20 heavy (non-hydrogen) atoms. The van der Waals surface area contributed by atoms with Gasteiger partial charge in [-0.25, -0.2) is 0 Å². The van der Waals surface area contributed by atoms with Crippen molar-refractivity contribution in [1.29, 1.82) is 0 Å². The van der Waals surface area contributed by atoms with Crippen LogP contribution in [0.25, 0.3) is 0 Å². The molecule has 1 unspecified atom stereocenters. The molecule has 5 heteroatoms. The van der Waals surface area contributed by atoms with Crippen LogP contribution in [0.5, 0.6) is 11.5 Å². The SMILES string of the molecule is CC(=O)NC1CCN(C(C)c2cc(O)cc(O)c2)CC1. The minimum atomic E-state index is 0.0226. The second-order valence-electron chi connectivity index (χ2n) is 5.47. The molecule has 5 nitrogen and oxygen atoms in total. The van der Waals surface area contributed by atoms with Gasteiger partial charge in [0.15, 0.2) is 0 Å². The topological polar surface area (TPSA) is 72.8 Å². The van der Waals surface area contributed by atoms with Crippen molar-refractivity contribution in [3.63, 3.8) is 0 Å². The van der Waals surface area contributed by atoms with E-state index in [1.165, 1.54) is 6.07 Å². The highest BCUT2D eigenvalue weighted by Gasteiger charge is 2.24. The third-order valence-electron chi connectivity index (χ3n) is 3.89. The Bertz CT molecular complexity index is 462. The van der Waals surface area contributed by atoms with Crippen LogP contribution in [-0.2, 0) is 4.79 Å². The van der Waals surface area contributed by atoms with Crippen molar-refractivity contribution < 1.29 is 15.0 Å². The molecule has 0 aliphatic carbocycles. The van der Waals surface area contributed by atoms with Crippen LogP contribution in [0.2, 0.25) is 0 Å². The number of amides is 1. The summed E-state index contributed by atoms with van der Waals surface area (Å²) in [5.41, 5.74) is 0.903. The Morgan fingerprint density at radius 1 is 1.25 bits per heavy atom. The van der Waals surface area contributed by atoms with Crippen molar-refractivity contribution in [1.82, 2.24) is 10.2 Å². The van der Waals surface area contributed by atoms with Crippen LogP contribution in [0.1, 0.15) is 38.3 Å². The third-order valence-corrected chi connectivity index (χ3v) is 3.89. The van der Waals surface area contributed by atoms with Gasteiger partial charge < -0.3 is 15.5 Å². The summed E-state index contributed by atoms with van der Waals surface area (Å²) in [6, 6.07) is 5.09. The van der Waals surface area contributed by atoms with Crippen molar-refractivity contribution in [2.24, 2.45) is 0 Å². The van der Waals surface area contributed by atoms with Crippen LogP contribution in [0.3, 0.4) is 0 Å². The smallest absolute Gasteiger partial charge is 0.217 e. The number of rotatable bonds is 3. The predicted molar refractivity (Wildman–Crippen MR) is 76.6 cm³/mol. The fraction of sp³-hybridized carbons (Fsp3) is 0.533. The molecule has 1 aliphatic heterocycles. The molecule has 1 atom stereocenters. The Morgan fingerprint density at radius 3 is 2.30 bits per heavy atom. The highest BCUT2D eigenvalue weighted by atomic mass is 16.3. The van der Waals surface area contributed by atoms with E-state index >= 15 is 0 Å². The van der Waals surface area contributed by atoms with Gasteiger partial charge in [-0.15, -0.1) is 0 Å². The number of phenolic OH excluding ortho intramolecular Hbond substituents is 2. The van der Waals surface area contributed by atoms with E-state index in [9.17, 15) is 15.0 Å². The van der Waals surface area contributed by atoms with Gasteiger partial charge in [0, 0.05) is 38.2 Å². The number of nitrogens with zero attached hydrogens (tertiary/aromatic N) is 1. The highest BCUT2D eigenvalue weighted by Crippen LogP contribution is 2.29. The number of carbonyl (C=O) groups excluding carboxylic acids is 1.